The van der Waals surface area contributed by atoms with Gasteiger partial charge in [-0.1, -0.05) is 13.3 Å². The minimum absolute atomic E-state index is 0.0490. The highest BCUT2D eigenvalue weighted by Crippen LogP contribution is 2.27. The van der Waals surface area contributed by atoms with Crippen LogP contribution >= 0.6 is 0 Å². The summed E-state index contributed by atoms with van der Waals surface area (Å²) in [5, 5.41) is 13.7. The molecular weight excluding hydrogens is 408 g/mol. The zero-order valence-corrected chi connectivity index (χ0v) is 17.2. The zero-order valence-electron chi connectivity index (χ0n) is 17.2. The maximum atomic E-state index is 12.6. The Kier molecular flexibility index (Phi) is 6.83. The summed E-state index contributed by atoms with van der Waals surface area (Å²) < 4.78 is 5.07. The predicted octanol–water partition coefficient (Wildman–Crippen LogP) is 1.71. The molecule has 0 bridgehead atoms. The lowest BCUT2D eigenvalue weighted by Gasteiger charge is -2.33. The molecule has 0 radical (unpaired) electrons. The number of piperidine rings is 1. The Hall–Kier alpha value is -3.50. The molecule has 1 saturated heterocycles. The molecule has 0 aromatic heterocycles. The lowest BCUT2D eigenvalue weighted by molar-refractivity contribution is -0.384. The molecule has 4 amide bonds. The molecule has 11 nitrogen and oxygen atoms in total. The number of carbonyl (C=O) groups is 4. The molecule has 31 heavy (non-hydrogen) atoms. The quantitative estimate of drug-likeness (QED) is 0.299. The van der Waals surface area contributed by atoms with Gasteiger partial charge in [0.2, 0.25) is 5.91 Å². The van der Waals surface area contributed by atoms with Crippen LogP contribution in [0.25, 0.3) is 0 Å². The van der Waals surface area contributed by atoms with Crippen LogP contribution in [0.3, 0.4) is 0 Å². The van der Waals surface area contributed by atoms with E-state index in [1.54, 1.807) is 0 Å². The Balaban J connectivity index is 1.52. The molecule has 166 valence electrons. The Morgan fingerprint density at radius 3 is 2.52 bits per heavy atom. The van der Waals surface area contributed by atoms with Gasteiger partial charge in [-0.25, -0.2) is 4.79 Å². The Bertz CT molecular complexity index is 909. The molecule has 0 atom stereocenters. The average Bonchev–Trinajstić information content (AvgIpc) is 2.98. The van der Waals surface area contributed by atoms with Gasteiger partial charge in [0.25, 0.3) is 17.5 Å². The Morgan fingerprint density at radius 1 is 1.19 bits per heavy atom. The first-order valence-electron chi connectivity index (χ1n) is 10.2. The molecule has 0 saturated carbocycles. The number of carbonyl (C=O) groups excluding carboxylic acids is 4. The fourth-order valence-electron chi connectivity index (χ4n) is 3.56. The number of nitrogens with zero attached hydrogens (tertiary/aromatic N) is 3. The number of hydrogen-bond acceptors (Lipinski definition) is 7. The molecule has 11 heteroatoms. The van der Waals surface area contributed by atoms with Gasteiger partial charge < -0.3 is 15.0 Å². The predicted molar refractivity (Wildman–Crippen MR) is 107 cm³/mol. The van der Waals surface area contributed by atoms with E-state index in [1.165, 1.54) is 11.0 Å². The molecule has 2 aliphatic heterocycles. The largest absolute Gasteiger partial charge is 0.450 e. The SMILES string of the molecule is CCCCOC(=O)NC1CCN(C(=O)CN2C(=O)c3ccc([N+](=O)[O-])cc3C2=O)CC1. The third-order valence-electron chi connectivity index (χ3n) is 5.36. The molecule has 1 fully saturated rings. The second-order valence-electron chi connectivity index (χ2n) is 7.47. The summed E-state index contributed by atoms with van der Waals surface area (Å²) in [5.41, 5.74) is -0.319. The van der Waals surface area contributed by atoms with Crippen molar-refractivity contribution in [1.82, 2.24) is 15.1 Å². The maximum absolute atomic E-state index is 12.6. The molecule has 2 heterocycles. The zero-order chi connectivity index (χ0) is 22.5. The van der Waals surface area contributed by atoms with Crippen molar-refractivity contribution in [1.29, 1.82) is 0 Å². The number of nitro groups is 1. The fraction of sp³-hybridized carbons (Fsp3) is 0.500. The average molecular weight is 432 g/mol. The molecule has 2 aliphatic rings. The smallest absolute Gasteiger partial charge is 0.407 e. The summed E-state index contributed by atoms with van der Waals surface area (Å²) in [6.45, 7) is 2.67. The van der Waals surface area contributed by atoms with E-state index in [-0.39, 0.29) is 22.9 Å². The number of alkyl carbamates (subject to hydrolysis) is 1. The summed E-state index contributed by atoms with van der Waals surface area (Å²) in [4.78, 5) is 62.0. The molecule has 0 aliphatic carbocycles. The van der Waals surface area contributed by atoms with E-state index in [2.05, 4.69) is 5.32 Å². The normalized spacial score (nSPS) is 16.3. The van der Waals surface area contributed by atoms with Gasteiger partial charge in [-0.3, -0.25) is 29.4 Å². The fourth-order valence-corrected chi connectivity index (χ4v) is 3.56. The van der Waals surface area contributed by atoms with Crippen LogP contribution in [0.1, 0.15) is 53.3 Å². The number of hydrogen-bond donors (Lipinski definition) is 1. The van der Waals surface area contributed by atoms with Gasteiger partial charge in [0.15, 0.2) is 0 Å². The van der Waals surface area contributed by atoms with Crippen LogP contribution in [-0.4, -0.2) is 70.8 Å². The van der Waals surface area contributed by atoms with Crippen molar-refractivity contribution < 1.29 is 28.8 Å². The van der Waals surface area contributed by atoms with E-state index in [0.29, 0.717) is 32.5 Å². The summed E-state index contributed by atoms with van der Waals surface area (Å²) in [6.07, 6.45) is 2.31. The molecule has 3 rings (SSSR count). The van der Waals surface area contributed by atoms with E-state index in [9.17, 15) is 29.3 Å². The second kappa shape index (κ2) is 9.54. The third kappa shape index (κ3) is 4.98. The molecule has 1 N–H and O–H groups in total. The minimum Gasteiger partial charge on any atom is -0.450 e. The van der Waals surface area contributed by atoms with Crippen molar-refractivity contribution >= 4 is 29.5 Å². The van der Waals surface area contributed by atoms with E-state index in [0.717, 1.165) is 29.9 Å². The van der Waals surface area contributed by atoms with Crippen molar-refractivity contribution in [2.75, 3.05) is 26.2 Å². The van der Waals surface area contributed by atoms with Crippen molar-refractivity contribution in [3.63, 3.8) is 0 Å². The molecule has 1 aromatic carbocycles. The van der Waals surface area contributed by atoms with E-state index < -0.39 is 35.3 Å². The number of imide groups is 1. The molecular formula is C20H24N4O7. The van der Waals surface area contributed by atoms with Crippen molar-refractivity contribution in [3.05, 3.63) is 39.4 Å². The van der Waals surface area contributed by atoms with Crippen LogP contribution in [-0.2, 0) is 9.53 Å². The van der Waals surface area contributed by atoms with Crippen LogP contribution in [0.5, 0.6) is 0 Å². The van der Waals surface area contributed by atoms with Crippen LogP contribution in [0, 0.1) is 10.1 Å². The van der Waals surface area contributed by atoms with Crippen molar-refractivity contribution in [2.24, 2.45) is 0 Å². The highest BCUT2D eigenvalue weighted by atomic mass is 16.6. The van der Waals surface area contributed by atoms with Gasteiger partial charge in [-0.15, -0.1) is 0 Å². The molecule has 0 unspecified atom stereocenters. The number of ether oxygens (including phenoxy) is 1. The van der Waals surface area contributed by atoms with E-state index in [4.69, 9.17) is 4.74 Å². The first-order valence-corrected chi connectivity index (χ1v) is 10.2. The second-order valence-corrected chi connectivity index (χ2v) is 7.47. The van der Waals surface area contributed by atoms with E-state index in [1.807, 2.05) is 6.92 Å². The van der Waals surface area contributed by atoms with Crippen LogP contribution in [0.15, 0.2) is 18.2 Å². The highest BCUT2D eigenvalue weighted by Gasteiger charge is 2.39. The van der Waals surface area contributed by atoms with Gasteiger partial charge in [-0.2, -0.15) is 0 Å². The van der Waals surface area contributed by atoms with Crippen LogP contribution < -0.4 is 5.32 Å². The number of unbranched alkanes of at least 4 members (excludes halogenated alkanes) is 1. The number of rotatable bonds is 7. The maximum Gasteiger partial charge on any atom is 0.407 e. The first kappa shape index (κ1) is 22.2. The van der Waals surface area contributed by atoms with Gasteiger partial charge in [0, 0.05) is 31.3 Å². The van der Waals surface area contributed by atoms with E-state index >= 15 is 0 Å². The summed E-state index contributed by atoms with van der Waals surface area (Å²) in [6, 6.07) is 3.32. The number of nitro benzene ring substituents is 1. The lowest BCUT2D eigenvalue weighted by atomic mass is 10.1. The Labute approximate surface area is 178 Å². The summed E-state index contributed by atoms with van der Waals surface area (Å²) in [5.74, 6) is -1.76. The number of likely N-dealkylation sites (tertiary alicyclic amines) is 1. The van der Waals surface area contributed by atoms with Crippen LogP contribution in [0.4, 0.5) is 10.5 Å². The van der Waals surface area contributed by atoms with Gasteiger partial charge >= 0.3 is 6.09 Å². The molecule has 1 aromatic rings. The van der Waals surface area contributed by atoms with Gasteiger partial charge in [-0.05, 0) is 25.3 Å². The lowest BCUT2D eigenvalue weighted by Crippen LogP contribution is -2.49. The van der Waals surface area contributed by atoms with Crippen LogP contribution in [0.2, 0.25) is 0 Å². The Morgan fingerprint density at radius 2 is 1.87 bits per heavy atom. The number of fused-ring (bicyclic) bond motifs is 1. The first-order chi connectivity index (χ1) is 14.8. The number of benzene rings is 1. The number of amides is 4. The van der Waals surface area contributed by atoms with Crippen molar-refractivity contribution in [2.45, 2.75) is 38.6 Å². The standard InChI is InChI=1S/C20H24N4O7/c1-2-3-10-31-20(28)21-13-6-8-22(9-7-13)17(25)12-23-18(26)15-5-4-14(24(29)30)11-16(15)19(23)27/h4-5,11,13H,2-3,6-10,12H2,1H3,(H,21,28). The number of non-ortho nitro benzene ring substituents is 1. The topological polar surface area (TPSA) is 139 Å². The van der Waals surface area contributed by atoms with Gasteiger partial charge in [0.1, 0.15) is 6.54 Å². The molecule has 0 spiro atoms. The summed E-state index contributed by atoms with van der Waals surface area (Å²) >= 11 is 0. The van der Waals surface area contributed by atoms with Crippen molar-refractivity contribution in [3.8, 4) is 0 Å². The summed E-state index contributed by atoms with van der Waals surface area (Å²) in [7, 11) is 0. The third-order valence-corrected chi connectivity index (χ3v) is 5.36. The van der Waals surface area contributed by atoms with Gasteiger partial charge in [0.05, 0.1) is 22.7 Å². The number of nitrogens with one attached hydrogen (secondary N) is 1. The highest BCUT2D eigenvalue weighted by molar-refractivity contribution is 6.22. The minimum atomic E-state index is -0.719. The monoisotopic (exact) mass is 432 g/mol.